The fourth-order valence-corrected chi connectivity index (χ4v) is 3.12. The fourth-order valence-electron chi connectivity index (χ4n) is 2.89. The Morgan fingerprint density at radius 3 is 2.23 bits per heavy atom. The van der Waals surface area contributed by atoms with Crippen LogP contribution in [0, 0.1) is 0 Å². The second-order valence-electron chi connectivity index (χ2n) is 6.82. The zero-order valence-corrected chi connectivity index (χ0v) is 18.2. The van der Waals surface area contributed by atoms with Crippen molar-refractivity contribution in [2.75, 3.05) is 7.11 Å². The predicted octanol–water partition coefficient (Wildman–Crippen LogP) is 4.14. The summed E-state index contributed by atoms with van der Waals surface area (Å²) in [6.07, 6.45) is 0. The van der Waals surface area contributed by atoms with Crippen LogP contribution in [-0.2, 0) is 6.61 Å². The Morgan fingerprint density at radius 1 is 0.903 bits per heavy atom. The van der Waals surface area contributed by atoms with Crippen LogP contribution in [0.4, 0.5) is 0 Å². The smallest absolute Gasteiger partial charge is 0.269 e. The summed E-state index contributed by atoms with van der Waals surface area (Å²) in [4.78, 5) is 12.4. The van der Waals surface area contributed by atoms with Gasteiger partial charge < -0.3 is 14.8 Å². The summed E-state index contributed by atoms with van der Waals surface area (Å²) in [5.41, 5.74) is 7.89. The van der Waals surface area contributed by atoms with Crippen LogP contribution in [0.3, 0.4) is 0 Å². The molecule has 1 atom stereocenters. The first-order valence-corrected chi connectivity index (χ1v) is 10.2. The van der Waals surface area contributed by atoms with E-state index in [2.05, 4.69) is 16.2 Å². The van der Waals surface area contributed by atoms with Crippen molar-refractivity contribution in [3.63, 3.8) is 0 Å². The van der Waals surface area contributed by atoms with Crippen LogP contribution in [0.15, 0.2) is 78.9 Å². The zero-order chi connectivity index (χ0) is 22.1. The first kappa shape index (κ1) is 22.1. The number of hydrazine groups is 1. The van der Waals surface area contributed by atoms with Gasteiger partial charge in [0.05, 0.1) is 13.2 Å². The Balaban J connectivity index is 1.47. The summed E-state index contributed by atoms with van der Waals surface area (Å²) < 4.78 is 11.1. The maximum Gasteiger partial charge on any atom is 0.269 e. The predicted molar refractivity (Wildman–Crippen MR) is 125 cm³/mol. The molecule has 0 aliphatic rings. The molecular weight excluding hydrogens is 410 g/mol. The normalized spacial score (nSPS) is 11.2. The number of hydrogen-bond acceptors (Lipinski definition) is 4. The molecule has 1 amide bonds. The first-order chi connectivity index (χ1) is 15.1. The SMILES string of the molecule is COc1ccccc1OCc1ccc(C(=O)NNC(=S)N[C@@H](C)c2ccccc2)cc1. The minimum absolute atomic E-state index is 0.0145. The maximum atomic E-state index is 12.4. The van der Waals surface area contributed by atoms with E-state index in [4.69, 9.17) is 21.7 Å². The largest absolute Gasteiger partial charge is 0.493 e. The van der Waals surface area contributed by atoms with Crippen molar-refractivity contribution in [2.45, 2.75) is 19.6 Å². The van der Waals surface area contributed by atoms with E-state index < -0.39 is 0 Å². The third kappa shape index (κ3) is 6.45. The molecule has 3 rings (SSSR count). The summed E-state index contributed by atoms with van der Waals surface area (Å²) in [5, 5.41) is 3.47. The number of benzene rings is 3. The van der Waals surface area contributed by atoms with Gasteiger partial charge in [-0.25, -0.2) is 0 Å². The van der Waals surface area contributed by atoms with Crippen molar-refractivity contribution in [2.24, 2.45) is 0 Å². The lowest BCUT2D eigenvalue weighted by molar-refractivity contribution is 0.0943. The second-order valence-corrected chi connectivity index (χ2v) is 7.23. The van der Waals surface area contributed by atoms with Crippen LogP contribution in [0.25, 0.3) is 0 Å². The van der Waals surface area contributed by atoms with Crippen molar-refractivity contribution in [3.05, 3.63) is 95.6 Å². The second kappa shape index (κ2) is 11.0. The van der Waals surface area contributed by atoms with Crippen LogP contribution < -0.4 is 25.6 Å². The van der Waals surface area contributed by atoms with Gasteiger partial charge in [-0.15, -0.1) is 0 Å². The lowest BCUT2D eigenvalue weighted by Crippen LogP contribution is -2.47. The molecule has 3 aromatic rings. The van der Waals surface area contributed by atoms with E-state index in [0.29, 0.717) is 28.8 Å². The minimum Gasteiger partial charge on any atom is -0.493 e. The zero-order valence-electron chi connectivity index (χ0n) is 17.4. The molecule has 0 saturated heterocycles. The van der Waals surface area contributed by atoms with Crippen molar-refractivity contribution >= 4 is 23.2 Å². The molecule has 0 aliphatic heterocycles. The molecule has 0 radical (unpaired) electrons. The van der Waals surface area contributed by atoms with Crippen molar-refractivity contribution in [3.8, 4) is 11.5 Å². The maximum absolute atomic E-state index is 12.4. The van der Waals surface area contributed by atoms with Crippen molar-refractivity contribution in [1.29, 1.82) is 0 Å². The average Bonchev–Trinajstić information content (AvgIpc) is 2.82. The van der Waals surface area contributed by atoms with Gasteiger partial charge in [-0.1, -0.05) is 54.6 Å². The Labute approximate surface area is 187 Å². The highest BCUT2D eigenvalue weighted by Crippen LogP contribution is 2.26. The van der Waals surface area contributed by atoms with Crippen molar-refractivity contribution < 1.29 is 14.3 Å². The lowest BCUT2D eigenvalue weighted by Gasteiger charge is -2.17. The summed E-state index contributed by atoms with van der Waals surface area (Å²) >= 11 is 5.26. The molecule has 0 heterocycles. The topological polar surface area (TPSA) is 71.6 Å². The van der Waals surface area contributed by atoms with Gasteiger partial charge in [0.15, 0.2) is 16.6 Å². The van der Waals surface area contributed by atoms with E-state index in [1.54, 1.807) is 19.2 Å². The van der Waals surface area contributed by atoms with Crippen LogP contribution in [0.2, 0.25) is 0 Å². The fraction of sp³-hybridized carbons (Fsp3) is 0.167. The number of carbonyl (C=O) groups is 1. The number of thiocarbonyl (C=S) groups is 1. The van der Waals surface area contributed by atoms with Crippen molar-refractivity contribution in [1.82, 2.24) is 16.2 Å². The van der Waals surface area contributed by atoms with E-state index in [1.165, 1.54) is 0 Å². The van der Waals surface area contributed by atoms with E-state index in [-0.39, 0.29) is 11.9 Å². The minimum atomic E-state index is -0.284. The number of para-hydroxylation sites is 2. The molecule has 0 aliphatic carbocycles. The third-order valence-corrected chi connectivity index (χ3v) is 4.84. The number of methoxy groups -OCH3 is 1. The van der Waals surface area contributed by atoms with Crippen LogP contribution in [0.5, 0.6) is 11.5 Å². The number of rotatable bonds is 7. The van der Waals surface area contributed by atoms with E-state index in [9.17, 15) is 4.79 Å². The molecule has 0 saturated carbocycles. The van der Waals surface area contributed by atoms with E-state index in [1.807, 2.05) is 73.7 Å². The van der Waals surface area contributed by atoms with Gasteiger partial charge in [0, 0.05) is 5.56 Å². The van der Waals surface area contributed by atoms with Gasteiger partial charge in [-0.3, -0.25) is 15.6 Å². The molecule has 31 heavy (non-hydrogen) atoms. The summed E-state index contributed by atoms with van der Waals surface area (Å²) in [6.45, 7) is 2.36. The molecule has 160 valence electrons. The molecule has 0 unspecified atom stereocenters. The van der Waals surface area contributed by atoms with Gasteiger partial charge >= 0.3 is 0 Å². The van der Waals surface area contributed by atoms with E-state index in [0.717, 1.165) is 11.1 Å². The van der Waals surface area contributed by atoms with Gasteiger partial charge in [-0.05, 0) is 54.5 Å². The highest BCUT2D eigenvalue weighted by atomic mass is 32.1. The molecule has 0 fully saturated rings. The number of carbonyl (C=O) groups excluding carboxylic acids is 1. The number of amides is 1. The summed E-state index contributed by atoms with van der Waals surface area (Å²) in [6, 6.07) is 24.6. The molecule has 7 heteroatoms. The molecule has 0 spiro atoms. The Hall–Kier alpha value is -3.58. The Bertz CT molecular complexity index is 1010. The number of ether oxygens (including phenoxy) is 2. The average molecular weight is 436 g/mol. The van der Waals surface area contributed by atoms with Gasteiger partial charge in [0.2, 0.25) is 0 Å². The van der Waals surface area contributed by atoms with Gasteiger partial charge in [0.25, 0.3) is 5.91 Å². The van der Waals surface area contributed by atoms with Crippen LogP contribution in [-0.4, -0.2) is 18.1 Å². The molecule has 3 aromatic carbocycles. The van der Waals surface area contributed by atoms with Gasteiger partial charge in [-0.2, -0.15) is 0 Å². The van der Waals surface area contributed by atoms with Crippen LogP contribution in [0.1, 0.15) is 34.5 Å². The highest BCUT2D eigenvalue weighted by Gasteiger charge is 2.09. The Kier molecular flexibility index (Phi) is 7.84. The molecule has 3 N–H and O–H groups in total. The third-order valence-electron chi connectivity index (χ3n) is 4.62. The number of nitrogens with one attached hydrogen (secondary N) is 3. The van der Waals surface area contributed by atoms with Crippen LogP contribution >= 0.6 is 12.2 Å². The molecular formula is C24H25N3O3S. The monoisotopic (exact) mass is 435 g/mol. The lowest BCUT2D eigenvalue weighted by atomic mass is 10.1. The Morgan fingerprint density at radius 2 is 1.55 bits per heavy atom. The quantitative estimate of drug-likeness (QED) is 0.383. The standard InChI is InChI=1S/C24H25N3O3S/c1-17(19-8-4-3-5-9-19)25-24(31)27-26-23(28)20-14-12-18(13-15-20)16-30-22-11-7-6-10-21(22)29-2/h3-15,17H,16H2,1-2H3,(H,26,28)(H2,25,27,31)/t17-/m0/s1. The molecule has 6 nitrogen and oxygen atoms in total. The summed E-state index contributed by atoms with van der Waals surface area (Å²) in [7, 11) is 1.60. The summed E-state index contributed by atoms with van der Waals surface area (Å²) in [5.74, 6) is 1.06. The number of hydrogen-bond donors (Lipinski definition) is 3. The van der Waals surface area contributed by atoms with Gasteiger partial charge in [0.1, 0.15) is 6.61 Å². The van der Waals surface area contributed by atoms with E-state index >= 15 is 0 Å². The molecule has 0 bridgehead atoms. The first-order valence-electron chi connectivity index (χ1n) is 9.83. The highest BCUT2D eigenvalue weighted by molar-refractivity contribution is 7.80. The molecule has 0 aromatic heterocycles.